The van der Waals surface area contributed by atoms with Gasteiger partial charge in [0.05, 0.1) is 31.1 Å². The highest BCUT2D eigenvalue weighted by Crippen LogP contribution is 2.39. The van der Waals surface area contributed by atoms with E-state index < -0.39 is 0 Å². The number of aryl methyl sites for hydroxylation is 2. The van der Waals surface area contributed by atoms with Gasteiger partial charge in [0.25, 0.3) is 5.75 Å². The summed E-state index contributed by atoms with van der Waals surface area (Å²) in [6, 6.07) is 13.5. The molecule has 1 atom stereocenters. The third-order valence-corrected chi connectivity index (χ3v) is 6.45. The normalized spacial score (nSPS) is 14.9. The van der Waals surface area contributed by atoms with Crippen molar-refractivity contribution in [2.24, 2.45) is 0 Å². The lowest BCUT2D eigenvalue weighted by atomic mass is 9.97. The molecule has 2 heterocycles. The van der Waals surface area contributed by atoms with Gasteiger partial charge in [-0.1, -0.05) is 18.2 Å². The van der Waals surface area contributed by atoms with Crippen molar-refractivity contribution in [3.8, 4) is 16.9 Å². The summed E-state index contributed by atoms with van der Waals surface area (Å²) < 4.78 is 24.5. The average molecular weight is 427 g/mol. The average Bonchev–Trinajstić information content (AvgIpc) is 3.28. The molecule has 1 aromatic heterocycles. The van der Waals surface area contributed by atoms with Gasteiger partial charge < -0.3 is 14.8 Å². The molecule has 4 nitrogen and oxygen atoms in total. The van der Waals surface area contributed by atoms with Crippen molar-refractivity contribution in [2.45, 2.75) is 32.7 Å². The van der Waals surface area contributed by atoms with Crippen molar-refractivity contribution in [3.05, 3.63) is 69.2 Å². The fraction of sp³-hybridized carbons (Fsp3) is 0.292. The smallest absolute Gasteiger partial charge is 0.306 e. The number of fused-ring (bicyclic) bond motifs is 1. The number of ether oxygens (including phenoxy) is 2. The number of hydrogen-bond acceptors (Lipinski definition) is 4. The second kappa shape index (κ2) is 8.48. The number of rotatable bonds is 6. The maximum Gasteiger partial charge on any atom is 0.306 e. The van der Waals surface area contributed by atoms with Crippen LogP contribution in [0.15, 0.2) is 42.5 Å². The van der Waals surface area contributed by atoms with Crippen LogP contribution >= 0.6 is 11.3 Å². The number of carbonyl (C=O) groups is 1. The summed E-state index contributed by atoms with van der Waals surface area (Å²) in [6.07, 6.45) is 0.333. The Balaban J connectivity index is 1.49. The second-order valence-corrected chi connectivity index (χ2v) is 9.01. The lowest BCUT2D eigenvalue weighted by Gasteiger charge is -2.11. The molecule has 4 rings (SSSR count). The van der Waals surface area contributed by atoms with E-state index in [0.29, 0.717) is 30.7 Å². The lowest BCUT2D eigenvalue weighted by Crippen LogP contribution is -2.09. The number of halogens is 1. The Bertz CT molecular complexity index is 1090. The maximum atomic E-state index is 15.2. The molecule has 1 aliphatic rings. The molecule has 0 fully saturated rings. The number of carbonyl (C=O) groups excluding carboxylic acids is 1. The molecule has 3 aromatic rings. The number of thiophene rings is 1. The summed E-state index contributed by atoms with van der Waals surface area (Å²) in [5.74, 6) is 0.534. The van der Waals surface area contributed by atoms with Gasteiger partial charge in [0.1, 0.15) is 5.82 Å². The van der Waals surface area contributed by atoms with Crippen LogP contribution in [-0.2, 0) is 16.1 Å². The van der Waals surface area contributed by atoms with Crippen molar-refractivity contribution in [1.82, 2.24) is 0 Å². The van der Waals surface area contributed by atoms with Crippen LogP contribution < -0.4 is 5.32 Å². The number of hydrogen-bond donors (Lipinski definition) is 1. The number of methoxy groups -OCH3 is 1. The zero-order chi connectivity index (χ0) is 21.3. The van der Waals surface area contributed by atoms with Gasteiger partial charge in [-0.3, -0.25) is 4.79 Å². The molecule has 0 saturated heterocycles. The Morgan fingerprint density at radius 1 is 1.23 bits per heavy atom. The topological polar surface area (TPSA) is 51.1 Å². The highest BCUT2D eigenvalue weighted by Gasteiger charge is 2.31. The number of nitrogens with one attached hydrogen (secondary N) is 1. The van der Waals surface area contributed by atoms with Crippen molar-refractivity contribution >= 4 is 23.0 Å². The molecule has 1 aliphatic heterocycles. The van der Waals surface area contributed by atoms with Gasteiger partial charge in [0, 0.05) is 33.1 Å². The predicted octanol–water partition coefficient (Wildman–Crippen LogP) is 5.68. The summed E-state index contributed by atoms with van der Waals surface area (Å²) in [6.45, 7) is 5.04. The van der Waals surface area contributed by atoms with Crippen LogP contribution in [0.4, 0.5) is 10.1 Å². The van der Waals surface area contributed by atoms with Crippen LogP contribution in [-0.4, -0.2) is 24.4 Å². The first kappa shape index (κ1) is 20.4. The molecule has 0 amide bonds. The first-order valence-corrected chi connectivity index (χ1v) is 10.7. The van der Waals surface area contributed by atoms with E-state index in [1.807, 2.05) is 56.3 Å². The van der Waals surface area contributed by atoms with Crippen molar-refractivity contribution in [2.75, 3.05) is 19.0 Å². The zero-order valence-electron chi connectivity index (χ0n) is 17.3. The minimum absolute atomic E-state index is 0.0629. The second-order valence-electron chi connectivity index (χ2n) is 7.55. The number of anilines is 1. The van der Waals surface area contributed by atoms with Gasteiger partial charge in [-0.25, -0.2) is 4.39 Å². The molecule has 30 heavy (non-hydrogen) atoms. The first-order valence-electron chi connectivity index (χ1n) is 9.93. The van der Waals surface area contributed by atoms with Gasteiger partial charge >= 0.3 is 5.97 Å². The van der Waals surface area contributed by atoms with Gasteiger partial charge in [0.2, 0.25) is 0 Å². The third-order valence-electron chi connectivity index (χ3n) is 5.49. The molecule has 0 saturated carbocycles. The molecular weight excluding hydrogens is 401 g/mol. The van der Waals surface area contributed by atoms with Crippen LogP contribution in [0.5, 0.6) is 5.75 Å². The Morgan fingerprint density at radius 3 is 2.80 bits per heavy atom. The molecule has 0 bridgehead atoms. The number of benzene rings is 2. The standard InChI is InChI=1S/C24H24FNO3S/c1-14-9-21(15(2)30-14)20-6-4-5-16(24(20)25)12-26-18-7-8-19-17(10-23(27)28-3)13-29-22(19)11-18/h4-9,11,17,26H,10,12-13H2,1-3H3/p+1/t17-/m1/s1. The predicted molar refractivity (Wildman–Crippen MR) is 119 cm³/mol. The summed E-state index contributed by atoms with van der Waals surface area (Å²) in [4.78, 5) is 13.9. The fourth-order valence-electron chi connectivity index (χ4n) is 3.92. The third kappa shape index (κ3) is 4.05. The summed E-state index contributed by atoms with van der Waals surface area (Å²) in [5.41, 5.74) is 4.17. The van der Waals surface area contributed by atoms with Crippen LogP contribution in [0.3, 0.4) is 0 Å². The Morgan fingerprint density at radius 2 is 2.07 bits per heavy atom. The minimum atomic E-state index is -0.225. The number of esters is 1. The Hall–Kier alpha value is -2.86. The van der Waals surface area contributed by atoms with E-state index in [2.05, 4.69) is 10.1 Å². The molecule has 2 aromatic carbocycles. The van der Waals surface area contributed by atoms with Crippen molar-refractivity contribution in [1.29, 1.82) is 0 Å². The van der Waals surface area contributed by atoms with Gasteiger partial charge in [-0.15, -0.1) is 11.3 Å². The van der Waals surface area contributed by atoms with Gasteiger partial charge in [-0.05, 0) is 37.6 Å². The minimum Gasteiger partial charge on any atom is -0.582 e. The highest BCUT2D eigenvalue weighted by molar-refractivity contribution is 7.12. The summed E-state index contributed by atoms with van der Waals surface area (Å²) in [7, 11) is 1.40. The van der Waals surface area contributed by atoms with E-state index in [1.54, 1.807) is 11.3 Å². The lowest BCUT2D eigenvalue weighted by molar-refractivity contribution is -0.141. The molecule has 0 unspecified atom stereocenters. The fourth-order valence-corrected chi connectivity index (χ4v) is 4.86. The Labute approximate surface area is 179 Å². The quantitative estimate of drug-likeness (QED) is 0.407. The van der Waals surface area contributed by atoms with E-state index in [4.69, 9.17) is 4.74 Å². The molecule has 0 radical (unpaired) electrons. The van der Waals surface area contributed by atoms with Gasteiger partial charge in [0.15, 0.2) is 6.61 Å². The van der Waals surface area contributed by atoms with E-state index in [0.717, 1.165) is 27.4 Å². The SMILES string of the molecule is COC(=O)C[C@@H]1C[OH+]c2cc(NCc3cccc(-c4cc(C)sc4C)c3F)ccc21. The van der Waals surface area contributed by atoms with Crippen molar-refractivity contribution < 1.29 is 18.7 Å². The van der Waals surface area contributed by atoms with Crippen LogP contribution in [0, 0.1) is 19.7 Å². The first-order chi connectivity index (χ1) is 14.5. The van der Waals surface area contributed by atoms with E-state index in [9.17, 15) is 4.79 Å². The number of aliphatic hydroxyl groups is 1. The maximum absolute atomic E-state index is 15.2. The highest BCUT2D eigenvalue weighted by atomic mass is 32.1. The monoisotopic (exact) mass is 426 g/mol. The molecular formula is C24H25FNO3S+. The molecule has 6 heteroatoms. The van der Waals surface area contributed by atoms with Gasteiger partial charge in [-0.2, -0.15) is 0 Å². The van der Waals surface area contributed by atoms with Crippen LogP contribution in [0.2, 0.25) is 0 Å². The van der Waals surface area contributed by atoms with E-state index >= 15 is 4.39 Å². The van der Waals surface area contributed by atoms with E-state index in [1.165, 1.54) is 12.0 Å². The molecule has 156 valence electrons. The zero-order valence-corrected chi connectivity index (χ0v) is 18.1. The van der Waals surface area contributed by atoms with E-state index in [-0.39, 0.29) is 17.7 Å². The molecule has 0 aliphatic carbocycles. The number of aromatic hydroxyl groups is 1. The van der Waals surface area contributed by atoms with Crippen molar-refractivity contribution in [3.63, 3.8) is 0 Å². The largest absolute Gasteiger partial charge is 0.582 e. The summed E-state index contributed by atoms with van der Waals surface area (Å²) in [5, 5.41) is 3.31. The van der Waals surface area contributed by atoms with Crippen LogP contribution in [0.1, 0.15) is 33.2 Å². The summed E-state index contributed by atoms with van der Waals surface area (Å²) >= 11 is 1.68. The van der Waals surface area contributed by atoms with Crippen LogP contribution in [0.25, 0.3) is 11.1 Å². The molecule has 0 spiro atoms. The Kier molecular flexibility index (Phi) is 5.77. The molecule has 2 N–H and O–H groups in total.